The fourth-order valence-electron chi connectivity index (χ4n) is 1.73. The van der Waals surface area contributed by atoms with E-state index in [1.165, 1.54) is 4.90 Å². The smallest absolute Gasteiger partial charge is 0.0798 e. The highest BCUT2D eigenvalue weighted by atomic mass is 79.9. The van der Waals surface area contributed by atoms with E-state index in [0.29, 0.717) is 0 Å². The minimum absolute atomic E-state index is 0.388. The molecule has 0 fully saturated rings. The van der Waals surface area contributed by atoms with Crippen molar-refractivity contribution in [1.82, 2.24) is 0 Å². The topological polar surface area (TPSA) is 20.2 Å². The number of hydrogen-bond acceptors (Lipinski definition) is 2. The molecule has 3 heteroatoms. The van der Waals surface area contributed by atoms with E-state index in [1.54, 1.807) is 11.8 Å². The van der Waals surface area contributed by atoms with E-state index in [9.17, 15) is 5.11 Å². The Labute approximate surface area is 120 Å². The van der Waals surface area contributed by atoms with Crippen LogP contribution in [0.2, 0.25) is 0 Å². The van der Waals surface area contributed by atoms with Gasteiger partial charge in [-0.3, -0.25) is 0 Å². The van der Waals surface area contributed by atoms with Gasteiger partial charge in [-0.25, -0.2) is 0 Å². The van der Waals surface area contributed by atoms with Gasteiger partial charge < -0.3 is 5.11 Å². The summed E-state index contributed by atoms with van der Waals surface area (Å²) in [5, 5.41) is 10.0. The Morgan fingerprint density at radius 2 is 1.94 bits per heavy atom. The summed E-state index contributed by atoms with van der Waals surface area (Å²) in [7, 11) is 0. The second kappa shape index (κ2) is 6.41. The maximum absolute atomic E-state index is 10.0. The van der Waals surface area contributed by atoms with Gasteiger partial charge in [0.25, 0.3) is 0 Å². The molecule has 0 aliphatic carbocycles. The van der Waals surface area contributed by atoms with Crippen molar-refractivity contribution in [3.05, 3.63) is 58.6 Å². The van der Waals surface area contributed by atoms with Crippen LogP contribution in [0.4, 0.5) is 0 Å². The summed E-state index contributed by atoms with van der Waals surface area (Å²) in [6.45, 7) is 1.99. The second-order valence-corrected chi connectivity index (χ2v) is 6.05. The van der Waals surface area contributed by atoms with Crippen molar-refractivity contribution in [3.63, 3.8) is 0 Å². The van der Waals surface area contributed by atoms with Crippen LogP contribution in [-0.4, -0.2) is 5.11 Å². The third-order valence-electron chi connectivity index (χ3n) is 2.69. The quantitative estimate of drug-likeness (QED) is 0.850. The Morgan fingerprint density at radius 3 is 2.67 bits per heavy atom. The highest BCUT2D eigenvalue weighted by Gasteiger charge is 2.10. The first-order valence-electron chi connectivity index (χ1n) is 5.91. The Bertz CT molecular complexity index is 527. The molecule has 0 aliphatic heterocycles. The van der Waals surface area contributed by atoms with Crippen LogP contribution in [0.15, 0.2) is 62.8 Å². The molecular formula is C15H15BrOS. The van der Waals surface area contributed by atoms with Crippen LogP contribution in [0.25, 0.3) is 0 Å². The van der Waals surface area contributed by atoms with Crippen molar-refractivity contribution in [3.8, 4) is 0 Å². The summed E-state index contributed by atoms with van der Waals surface area (Å²) in [6.07, 6.45) is 0.344. The lowest BCUT2D eigenvalue weighted by Gasteiger charge is -2.13. The molecule has 2 rings (SSSR count). The molecule has 0 radical (unpaired) electrons. The largest absolute Gasteiger partial charge is 0.388 e. The maximum atomic E-state index is 10.0. The minimum atomic E-state index is -0.388. The summed E-state index contributed by atoms with van der Waals surface area (Å²) >= 11 is 5.16. The third kappa shape index (κ3) is 3.37. The number of aliphatic hydroxyl groups excluding tert-OH is 1. The van der Waals surface area contributed by atoms with Crippen molar-refractivity contribution >= 4 is 27.7 Å². The average Bonchev–Trinajstić information content (AvgIpc) is 2.38. The SMILES string of the molecule is CC[C@H](O)c1ccccc1Sc1cccc(Br)c1. The Balaban J connectivity index is 2.29. The minimum Gasteiger partial charge on any atom is -0.388 e. The monoisotopic (exact) mass is 322 g/mol. The lowest BCUT2D eigenvalue weighted by Crippen LogP contribution is -1.96. The van der Waals surface area contributed by atoms with Gasteiger partial charge in [0.05, 0.1) is 6.10 Å². The van der Waals surface area contributed by atoms with Gasteiger partial charge in [0.1, 0.15) is 0 Å². The molecule has 2 aromatic rings. The van der Waals surface area contributed by atoms with Gasteiger partial charge >= 0.3 is 0 Å². The third-order valence-corrected chi connectivity index (χ3v) is 4.26. The maximum Gasteiger partial charge on any atom is 0.0798 e. The van der Waals surface area contributed by atoms with E-state index in [-0.39, 0.29) is 6.10 Å². The predicted molar refractivity (Wildman–Crippen MR) is 80.0 cm³/mol. The van der Waals surface area contributed by atoms with Crippen LogP contribution in [0.5, 0.6) is 0 Å². The van der Waals surface area contributed by atoms with E-state index < -0.39 is 0 Å². The molecule has 1 N–H and O–H groups in total. The van der Waals surface area contributed by atoms with Gasteiger partial charge in [-0.05, 0) is 36.2 Å². The number of benzene rings is 2. The molecule has 0 aliphatic rings. The Kier molecular flexibility index (Phi) is 4.87. The first-order valence-corrected chi connectivity index (χ1v) is 7.52. The van der Waals surface area contributed by atoms with E-state index in [4.69, 9.17) is 0 Å². The van der Waals surface area contributed by atoms with E-state index in [0.717, 1.165) is 21.4 Å². The summed E-state index contributed by atoms with van der Waals surface area (Å²) in [5.74, 6) is 0. The Hall–Kier alpha value is -0.770. The zero-order chi connectivity index (χ0) is 13.0. The molecule has 0 spiro atoms. The second-order valence-electron chi connectivity index (χ2n) is 4.02. The molecule has 0 heterocycles. The number of rotatable bonds is 4. The molecule has 0 amide bonds. The molecule has 1 atom stereocenters. The van der Waals surface area contributed by atoms with Crippen LogP contribution >= 0.6 is 27.7 Å². The van der Waals surface area contributed by atoms with Gasteiger partial charge in [0.15, 0.2) is 0 Å². The van der Waals surface area contributed by atoms with Crippen LogP contribution in [0.1, 0.15) is 25.0 Å². The van der Waals surface area contributed by atoms with Gasteiger partial charge in [-0.2, -0.15) is 0 Å². The predicted octanol–water partition coefficient (Wildman–Crippen LogP) is 5.04. The van der Waals surface area contributed by atoms with Crippen LogP contribution in [-0.2, 0) is 0 Å². The zero-order valence-corrected chi connectivity index (χ0v) is 12.5. The molecule has 18 heavy (non-hydrogen) atoms. The molecule has 1 nitrogen and oxygen atoms in total. The van der Waals surface area contributed by atoms with Crippen molar-refractivity contribution in [2.24, 2.45) is 0 Å². The first kappa shape index (κ1) is 13.7. The van der Waals surface area contributed by atoms with Gasteiger partial charge in [0, 0.05) is 14.3 Å². The fourth-order valence-corrected chi connectivity index (χ4v) is 3.33. The number of hydrogen-bond donors (Lipinski definition) is 1. The van der Waals surface area contributed by atoms with Gasteiger partial charge in [0.2, 0.25) is 0 Å². The molecule has 0 bridgehead atoms. The summed E-state index contributed by atoms with van der Waals surface area (Å²) < 4.78 is 1.07. The molecule has 0 unspecified atom stereocenters. The lowest BCUT2D eigenvalue weighted by molar-refractivity contribution is 0.171. The van der Waals surface area contributed by atoms with E-state index in [1.807, 2.05) is 37.3 Å². The van der Waals surface area contributed by atoms with Crippen molar-refractivity contribution < 1.29 is 5.11 Å². The molecular weight excluding hydrogens is 308 g/mol. The van der Waals surface area contributed by atoms with Crippen LogP contribution in [0.3, 0.4) is 0 Å². The summed E-state index contributed by atoms with van der Waals surface area (Å²) in [5.41, 5.74) is 1.00. The zero-order valence-electron chi connectivity index (χ0n) is 10.1. The van der Waals surface area contributed by atoms with Crippen LogP contribution in [0, 0.1) is 0 Å². The molecule has 0 saturated heterocycles. The highest BCUT2D eigenvalue weighted by molar-refractivity contribution is 9.10. The van der Waals surface area contributed by atoms with Crippen molar-refractivity contribution in [2.45, 2.75) is 29.2 Å². The molecule has 94 valence electrons. The van der Waals surface area contributed by atoms with Crippen LogP contribution < -0.4 is 0 Å². The fraction of sp³-hybridized carbons (Fsp3) is 0.200. The summed E-state index contributed by atoms with van der Waals surface area (Å²) in [6, 6.07) is 16.2. The molecule has 0 saturated carbocycles. The molecule has 0 aromatic heterocycles. The Morgan fingerprint density at radius 1 is 1.17 bits per heavy atom. The van der Waals surface area contributed by atoms with Crippen molar-refractivity contribution in [1.29, 1.82) is 0 Å². The summed E-state index contributed by atoms with van der Waals surface area (Å²) in [4.78, 5) is 2.28. The normalized spacial score (nSPS) is 12.4. The van der Waals surface area contributed by atoms with Gasteiger partial charge in [-0.15, -0.1) is 0 Å². The number of aliphatic hydroxyl groups is 1. The highest BCUT2D eigenvalue weighted by Crippen LogP contribution is 2.34. The van der Waals surface area contributed by atoms with E-state index >= 15 is 0 Å². The lowest BCUT2D eigenvalue weighted by atomic mass is 10.1. The van der Waals surface area contributed by atoms with Crippen molar-refractivity contribution in [2.75, 3.05) is 0 Å². The molecule has 2 aromatic carbocycles. The standard InChI is InChI=1S/C15H15BrOS/c1-2-14(17)13-8-3-4-9-15(13)18-12-7-5-6-11(16)10-12/h3-10,14,17H,2H2,1H3/t14-/m0/s1. The van der Waals surface area contributed by atoms with Gasteiger partial charge in [-0.1, -0.05) is 58.9 Å². The first-order chi connectivity index (χ1) is 8.70. The van der Waals surface area contributed by atoms with E-state index in [2.05, 4.69) is 34.1 Å². The average molecular weight is 323 g/mol. The number of halogens is 1.